The summed E-state index contributed by atoms with van der Waals surface area (Å²) in [5.41, 5.74) is 5.08. The van der Waals surface area contributed by atoms with E-state index in [0.717, 1.165) is 13.0 Å². The van der Waals surface area contributed by atoms with Crippen LogP contribution in [0.1, 0.15) is 27.2 Å². The van der Waals surface area contributed by atoms with E-state index < -0.39 is 5.41 Å². The van der Waals surface area contributed by atoms with Crippen molar-refractivity contribution in [1.82, 2.24) is 4.90 Å². The molecule has 0 aliphatic rings. The molecule has 0 radical (unpaired) electrons. The molecule has 0 atom stereocenters. The van der Waals surface area contributed by atoms with E-state index in [1.165, 1.54) is 0 Å². The molecule has 0 saturated heterocycles. The lowest BCUT2D eigenvalue weighted by molar-refractivity contribution is -0.138. The minimum absolute atomic E-state index is 0.131. The highest BCUT2D eigenvalue weighted by molar-refractivity contribution is 5.81. The van der Waals surface area contributed by atoms with Crippen molar-refractivity contribution >= 4 is 5.91 Å². The molecule has 0 rings (SSSR count). The molecular weight excluding hydrogens is 152 g/mol. The molecule has 0 unspecified atom stereocenters. The highest BCUT2D eigenvalue weighted by atomic mass is 16.2. The van der Waals surface area contributed by atoms with Crippen LogP contribution < -0.4 is 5.73 Å². The first-order valence-corrected chi connectivity index (χ1v) is 4.41. The molecule has 0 heterocycles. The van der Waals surface area contributed by atoms with Gasteiger partial charge in [0.2, 0.25) is 5.91 Å². The maximum absolute atomic E-state index is 11.6. The van der Waals surface area contributed by atoms with Gasteiger partial charge in [0.15, 0.2) is 0 Å². The van der Waals surface area contributed by atoms with E-state index in [4.69, 9.17) is 5.73 Å². The Balaban J connectivity index is 4.18. The van der Waals surface area contributed by atoms with Gasteiger partial charge in [-0.25, -0.2) is 0 Å². The second-order valence-corrected chi connectivity index (χ2v) is 3.81. The first-order valence-electron chi connectivity index (χ1n) is 4.41. The predicted molar refractivity (Wildman–Crippen MR) is 50.8 cm³/mol. The largest absolute Gasteiger partial charge is 0.345 e. The van der Waals surface area contributed by atoms with Gasteiger partial charge in [-0.1, -0.05) is 6.92 Å². The zero-order valence-electron chi connectivity index (χ0n) is 8.55. The van der Waals surface area contributed by atoms with Gasteiger partial charge in [-0.15, -0.1) is 0 Å². The number of nitrogens with zero attached hydrogens (tertiary/aromatic N) is 1. The van der Waals surface area contributed by atoms with E-state index in [9.17, 15) is 4.79 Å². The van der Waals surface area contributed by atoms with Gasteiger partial charge < -0.3 is 10.6 Å². The van der Waals surface area contributed by atoms with Gasteiger partial charge in [0, 0.05) is 20.1 Å². The minimum atomic E-state index is -0.413. The van der Waals surface area contributed by atoms with Gasteiger partial charge in [0.1, 0.15) is 0 Å². The van der Waals surface area contributed by atoms with Crippen LogP contribution in [-0.4, -0.2) is 30.9 Å². The van der Waals surface area contributed by atoms with Crippen LogP contribution in [0.3, 0.4) is 0 Å². The Kier molecular flexibility index (Phi) is 4.24. The van der Waals surface area contributed by atoms with Crippen LogP contribution in [0.15, 0.2) is 0 Å². The lowest BCUT2D eigenvalue weighted by Gasteiger charge is -2.27. The fourth-order valence-electron chi connectivity index (χ4n) is 1.04. The first kappa shape index (κ1) is 11.4. The standard InChI is InChI=1S/C9H20N2O/c1-5-6-11(4)8(12)9(2,3)7-10/h5-7,10H2,1-4H3. The number of carbonyl (C=O) groups is 1. The number of nitrogens with two attached hydrogens (primary N) is 1. The van der Waals surface area contributed by atoms with Crippen molar-refractivity contribution < 1.29 is 4.79 Å². The third-order valence-corrected chi connectivity index (χ3v) is 1.99. The number of carbonyl (C=O) groups excluding carboxylic acids is 1. The fraction of sp³-hybridized carbons (Fsp3) is 0.889. The van der Waals surface area contributed by atoms with Gasteiger partial charge in [-0.2, -0.15) is 0 Å². The second-order valence-electron chi connectivity index (χ2n) is 3.81. The Bertz CT molecular complexity index is 155. The average molecular weight is 172 g/mol. The van der Waals surface area contributed by atoms with Gasteiger partial charge in [-0.3, -0.25) is 4.79 Å². The van der Waals surface area contributed by atoms with Crippen molar-refractivity contribution in [2.75, 3.05) is 20.1 Å². The lowest BCUT2D eigenvalue weighted by Crippen LogP contribution is -2.43. The smallest absolute Gasteiger partial charge is 0.229 e. The Morgan fingerprint density at radius 2 is 2.00 bits per heavy atom. The summed E-state index contributed by atoms with van der Waals surface area (Å²) in [7, 11) is 1.82. The molecule has 12 heavy (non-hydrogen) atoms. The van der Waals surface area contributed by atoms with Gasteiger partial charge in [-0.05, 0) is 20.3 Å². The third kappa shape index (κ3) is 2.81. The molecule has 72 valence electrons. The zero-order chi connectivity index (χ0) is 9.78. The summed E-state index contributed by atoms with van der Waals surface area (Å²) in [5.74, 6) is 0.131. The van der Waals surface area contributed by atoms with Crippen LogP contribution in [0.4, 0.5) is 0 Å². The van der Waals surface area contributed by atoms with E-state index in [1.807, 2.05) is 20.9 Å². The number of rotatable bonds is 4. The summed E-state index contributed by atoms with van der Waals surface area (Å²) in [5, 5.41) is 0. The monoisotopic (exact) mass is 172 g/mol. The van der Waals surface area contributed by atoms with E-state index in [-0.39, 0.29) is 5.91 Å². The van der Waals surface area contributed by atoms with E-state index >= 15 is 0 Å². The third-order valence-electron chi connectivity index (χ3n) is 1.99. The highest BCUT2D eigenvalue weighted by Gasteiger charge is 2.28. The van der Waals surface area contributed by atoms with E-state index in [2.05, 4.69) is 6.92 Å². The Hall–Kier alpha value is -0.570. The van der Waals surface area contributed by atoms with Crippen molar-refractivity contribution in [1.29, 1.82) is 0 Å². The van der Waals surface area contributed by atoms with Gasteiger partial charge in [0.05, 0.1) is 5.41 Å². The average Bonchev–Trinajstić information content (AvgIpc) is 2.03. The van der Waals surface area contributed by atoms with Crippen LogP contribution >= 0.6 is 0 Å². The molecule has 0 aromatic rings. The maximum Gasteiger partial charge on any atom is 0.229 e. The molecule has 0 aliphatic heterocycles. The number of hydrogen-bond acceptors (Lipinski definition) is 2. The summed E-state index contributed by atoms with van der Waals surface area (Å²) in [6, 6.07) is 0. The molecule has 0 saturated carbocycles. The van der Waals surface area contributed by atoms with Crippen molar-refractivity contribution in [3.8, 4) is 0 Å². The quantitative estimate of drug-likeness (QED) is 0.683. The predicted octanol–water partition coefficient (Wildman–Crippen LogP) is 0.840. The summed E-state index contributed by atoms with van der Waals surface area (Å²) in [4.78, 5) is 13.4. The Labute approximate surface area is 74.9 Å². The molecule has 3 heteroatoms. The highest BCUT2D eigenvalue weighted by Crippen LogP contribution is 2.15. The van der Waals surface area contributed by atoms with Crippen molar-refractivity contribution in [2.45, 2.75) is 27.2 Å². The molecule has 0 fully saturated rings. The molecule has 0 aromatic carbocycles. The molecule has 0 spiro atoms. The summed E-state index contributed by atoms with van der Waals surface area (Å²) >= 11 is 0. The number of hydrogen-bond donors (Lipinski definition) is 1. The fourth-order valence-corrected chi connectivity index (χ4v) is 1.04. The molecule has 2 N–H and O–H groups in total. The summed E-state index contributed by atoms with van der Waals surface area (Å²) in [6.45, 7) is 7.02. The topological polar surface area (TPSA) is 46.3 Å². The van der Waals surface area contributed by atoms with Crippen LogP contribution in [0.5, 0.6) is 0 Å². The molecule has 0 aliphatic carbocycles. The zero-order valence-corrected chi connectivity index (χ0v) is 8.55. The first-order chi connectivity index (χ1) is 5.45. The minimum Gasteiger partial charge on any atom is -0.345 e. The summed E-state index contributed by atoms with van der Waals surface area (Å²) in [6.07, 6.45) is 0.989. The lowest BCUT2D eigenvalue weighted by atomic mass is 9.92. The van der Waals surface area contributed by atoms with Crippen LogP contribution in [0, 0.1) is 5.41 Å². The van der Waals surface area contributed by atoms with Crippen LogP contribution in [0.2, 0.25) is 0 Å². The van der Waals surface area contributed by atoms with E-state index in [0.29, 0.717) is 6.54 Å². The molecule has 1 amide bonds. The molecule has 0 aromatic heterocycles. The van der Waals surface area contributed by atoms with Crippen molar-refractivity contribution in [3.63, 3.8) is 0 Å². The van der Waals surface area contributed by atoms with Crippen LogP contribution in [-0.2, 0) is 4.79 Å². The van der Waals surface area contributed by atoms with Crippen molar-refractivity contribution in [3.05, 3.63) is 0 Å². The molecule has 3 nitrogen and oxygen atoms in total. The second kappa shape index (κ2) is 4.45. The van der Waals surface area contributed by atoms with Crippen molar-refractivity contribution in [2.24, 2.45) is 11.1 Å². The maximum atomic E-state index is 11.6. The number of amides is 1. The van der Waals surface area contributed by atoms with Crippen LogP contribution in [0.25, 0.3) is 0 Å². The normalized spacial score (nSPS) is 11.4. The van der Waals surface area contributed by atoms with Gasteiger partial charge in [0.25, 0.3) is 0 Å². The molecule has 0 bridgehead atoms. The Morgan fingerprint density at radius 3 is 2.33 bits per heavy atom. The summed E-state index contributed by atoms with van der Waals surface area (Å²) < 4.78 is 0. The molecular formula is C9H20N2O. The Morgan fingerprint density at radius 1 is 1.50 bits per heavy atom. The SMILES string of the molecule is CCCN(C)C(=O)C(C)(C)CN. The van der Waals surface area contributed by atoms with E-state index in [1.54, 1.807) is 4.90 Å². The van der Waals surface area contributed by atoms with Gasteiger partial charge >= 0.3 is 0 Å².